The average Bonchev–Trinajstić information content (AvgIpc) is 2.67. The van der Waals surface area contributed by atoms with E-state index >= 15 is 0 Å². The lowest BCUT2D eigenvalue weighted by Gasteiger charge is -2.29. The first-order valence-corrected chi connectivity index (χ1v) is 10.5. The lowest BCUT2D eigenvalue weighted by atomic mass is 9.86. The van der Waals surface area contributed by atoms with Gasteiger partial charge in [0.15, 0.2) is 0 Å². The summed E-state index contributed by atoms with van der Waals surface area (Å²) in [5.41, 5.74) is 1.28. The van der Waals surface area contributed by atoms with Crippen molar-refractivity contribution in [1.29, 1.82) is 5.26 Å². The van der Waals surface area contributed by atoms with E-state index in [9.17, 15) is 10.1 Å². The van der Waals surface area contributed by atoms with Gasteiger partial charge in [0, 0.05) is 11.4 Å². The van der Waals surface area contributed by atoms with Crippen molar-refractivity contribution in [1.82, 2.24) is 10.3 Å². The van der Waals surface area contributed by atoms with Crippen LogP contribution in [0.25, 0.3) is 10.9 Å². The van der Waals surface area contributed by atoms with Gasteiger partial charge in [0.1, 0.15) is 16.8 Å². The van der Waals surface area contributed by atoms with Crippen molar-refractivity contribution in [3.8, 4) is 11.8 Å². The summed E-state index contributed by atoms with van der Waals surface area (Å²) >= 11 is 1.32. The second-order valence-corrected chi connectivity index (χ2v) is 7.93. The minimum absolute atomic E-state index is 0.0104. The third-order valence-electron chi connectivity index (χ3n) is 4.98. The number of amides is 1. The van der Waals surface area contributed by atoms with Crippen LogP contribution in [0.1, 0.15) is 45.1 Å². The minimum atomic E-state index is 0.0104. The Kier molecular flexibility index (Phi) is 6.57. The molecule has 1 aromatic heterocycles. The van der Waals surface area contributed by atoms with Crippen molar-refractivity contribution in [2.75, 3.05) is 12.4 Å². The first-order chi connectivity index (χ1) is 13.1. The van der Waals surface area contributed by atoms with E-state index in [1.54, 1.807) is 0 Å². The summed E-state index contributed by atoms with van der Waals surface area (Å²) in [6.45, 7) is 4.72. The highest BCUT2D eigenvalue weighted by molar-refractivity contribution is 8.00. The van der Waals surface area contributed by atoms with Crippen molar-refractivity contribution in [3.05, 3.63) is 29.8 Å². The van der Waals surface area contributed by atoms with E-state index in [2.05, 4.69) is 23.3 Å². The Morgan fingerprint density at radius 3 is 2.93 bits per heavy atom. The fourth-order valence-corrected chi connectivity index (χ4v) is 4.27. The number of benzene rings is 1. The lowest BCUT2D eigenvalue weighted by molar-refractivity contribution is -0.119. The van der Waals surface area contributed by atoms with E-state index in [1.165, 1.54) is 31.0 Å². The monoisotopic (exact) mass is 383 g/mol. The number of pyridine rings is 1. The van der Waals surface area contributed by atoms with Gasteiger partial charge in [-0.05, 0) is 49.9 Å². The molecule has 6 heteroatoms. The van der Waals surface area contributed by atoms with Crippen LogP contribution in [0.2, 0.25) is 0 Å². The second kappa shape index (κ2) is 9.09. The molecule has 0 aliphatic heterocycles. The molecule has 1 N–H and O–H groups in total. The molecule has 5 nitrogen and oxygen atoms in total. The average molecular weight is 384 g/mol. The summed E-state index contributed by atoms with van der Waals surface area (Å²) in [7, 11) is 0. The van der Waals surface area contributed by atoms with Gasteiger partial charge in [-0.25, -0.2) is 4.98 Å². The van der Waals surface area contributed by atoms with Crippen LogP contribution < -0.4 is 10.1 Å². The van der Waals surface area contributed by atoms with Crippen LogP contribution in [-0.2, 0) is 4.79 Å². The zero-order valence-electron chi connectivity index (χ0n) is 15.8. The second-order valence-electron chi connectivity index (χ2n) is 6.96. The Morgan fingerprint density at radius 2 is 2.19 bits per heavy atom. The smallest absolute Gasteiger partial charge is 0.230 e. The minimum Gasteiger partial charge on any atom is -0.494 e. The van der Waals surface area contributed by atoms with Gasteiger partial charge in [-0.2, -0.15) is 5.26 Å². The van der Waals surface area contributed by atoms with Crippen LogP contribution in [0.3, 0.4) is 0 Å². The Bertz CT molecular complexity index is 862. The van der Waals surface area contributed by atoms with Crippen molar-refractivity contribution in [2.24, 2.45) is 5.92 Å². The van der Waals surface area contributed by atoms with Crippen LogP contribution in [0, 0.1) is 17.2 Å². The first kappa shape index (κ1) is 19.5. The molecule has 1 fully saturated rings. The molecule has 1 saturated carbocycles. The van der Waals surface area contributed by atoms with Crippen molar-refractivity contribution in [3.63, 3.8) is 0 Å². The number of carbonyl (C=O) groups excluding carboxylic acids is 1. The molecule has 3 rings (SSSR count). The molecule has 142 valence electrons. The summed E-state index contributed by atoms with van der Waals surface area (Å²) in [6.07, 6.45) is 4.65. The van der Waals surface area contributed by atoms with Crippen LogP contribution in [-0.4, -0.2) is 29.3 Å². The van der Waals surface area contributed by atoms with Gasteiger partial charge in [-0.15, -0.1) is 0 Å². The Hall–Kier alpha value is -2.26. The lowest BCUT2D eigenvalue weighted by Crippen LogP contribution is -2.41. The normalized spacial score (nSPS) is 19.4. The summed E-state index contributed by atoms with van der Waals surface area (Å²) in [4.78, 5) is 16.9. The summed E-state index contributed by atoms with van der Waals surface area (Å²) in [5, 5.41) is 14.1. The molecule has 0 spiro atoms. The molecule has 0 unspecified atom stereocenters. The quantitative estimate of drug-likeness (QED) is 0.753. The SMILES string of the molecule is CCOc1ccc2nc(SCC(=O)N[C@H]3CCCC[C@H]3C)c(C#N)cc2c1. The van der Waals surface area contributed by atoms with Crippen LogP contribution >= 0.6 is 11.8 Å². The van der Waals surface area contributed by atoms with Gasteiger partial charge in [-0.3, -0.25) is 4.79 Å². The number of hydrogen-bond donors (Lipinski definition) is 1. The molecule has 1 aliphatic carbocycles. The molecule has 27 heavy (non-hydrogen) atoms. The largest absolute Gasteiger partial charge is 0.494 e. The predicted octanol–water partition coefficient (Wildman–Crippen LogP) is 4.29. The summed E-state index contributed by atoms with van der Waals surface area (Å²) in [6, 6.07) is 9.92. The van der Waals surface area contributed by atoms with Gasteiger partial charge < -0.3 is 10.1 Å². The molecule has 1 heterocycles. The van der Waals surface area contributed by atoms with Crippen molar-refractivity contribution < 1.29 is 9.53 Å². The van der Waals surface area contributed by atoms with Crippen molar-refractivity contribution in [2.45, 2.75) is 50.6 Å². The molecule has 1 aliphatic rings. The molecule has 0 bridgehead atoms. The number of nitrogens with one attached hydrogen (secondary N) is 1. The van der Waals surface area contributed by atoms with Gasteiger partial charge >= 0.3 is 0 Å². The molecule has 2 aromatic rings. The molecule has 1 amide bonds. The zero-order chi connectivity index (χ0) is 19.2. The number of thioether (sulfide) groups is 1. The standard InChI is InChI=1S/C21H25N3O2S/c1-3-26-17-8-9-19-15(11-17)10-16(12-22)21(24-19)27-13-20(25)23-18-7-5-4-6-14(18)2/h8-11,14,18H,3-7,13H2,1-2H3,(H,23,25)/t14-,18+/m1/s1. The number of nitrogens with zero attached hydrogens (tertiary/aromatic N) is 2. The van der Waals surface area contributed by atoms with Gasteiger partial charge in [0.05, 0.1) is 23.4 Å². The number of fused-ring (bicyclic) bond motifs is 1. The Morgan fingerprint density at radius 1 is 1.37 bits per heavy atom. The topological polar surface area (TPSA) is 75.0 Å². The van der Waals surface area contributed by atoms with E-state index in [1.807, 2.05) is 31.2 Å². The molecule has 2 atom stereocenters. The first-order valence-electron chi connectivity index (χ1n) is 9.50. The molecule has 1 aromatic carbocycles. The van der Waals surface area contributed by atoms with E-state index in [0.29, 0.717) is 23.1 Å². The fraction of sp³-hybridized carbons (Fsp3) is 0.476. The molecule has 0 radical (unpaired) electrons. The number of hydrogen-bond acceptors (Lipinski definition) is 5. The predicted molar refractivity (Wildman–Crippen MR) is 108 cm³/mol. The third-order valence-corrected chi connectivity index (χ3v) is 5.97. The molecular weight excluding hydrogens is 358 g/mol. The fourth-order valence-electron chi connectivity index (χ4n) is 3.50. The highest BCUT2D eigenvalue weighted by Crippen LogP contribution is 2.28. The number of aromatic nitrogens is 1. The summed E-state index contributed by atoms with van der Waals surface area (Å²) in [5.74, 6) is 1.57. The summed E-state index contributed by atoms with van der Waals surface area (Å²) < 4.78 is 5.51. The van der Waals surface area contributed by atoms with E-state index in [-0.39, 0.29) is 17.7 Å². The molecule has 0 saturated heterocycles. The van der Waals surface area contributed by atoms with Crippen LogP contribution in [0.15, 0.2) is 29.3 Å². The van der Waals surface area contributed by atoms with Crippen LogP contribution in [0.4, 0.5) is 0 Å². The highest BCUT2D eigenvalue weighted by atomic mass is 32.2. The highest BCUT2D eigenvalue weighted by Gasteiger charge is 2.23. The van der Waals surface area contributed by atoms with Gasteiger partial charge in [0.25, 0.3) is 0 Å². The Labute approximate surface area is 164 Å². The van der Waals surface area contributed by atoms with E-state index in [4.69, 9.17) is 4.74 Å². The van der Waals surface area contributed by atoms with E-state index in [0.717, 1.165) is 23.1 Å². The molecular formula is C21H25N3O2S. The number of nitriles is 1. The maximum absolute atomic E-state index is 12.4. The maximum atomic E-state index is 12.4. The Balaban J connectivity index is 1.69. The third kappa shape index (κ3) is 4.92. The van der Waals surface area contributed by atoms with E-state index < -0.39 is 0 Å². The zero-order valence-corrected chi connectivity index (χ0v) is 16.6. The van der Waals surface area contributed by atoms with Gasteiger partial charge in [0.2, 0.25) is 5.91 Å². The number of carbonyl (C=O) groups is 1. The maximum Gasteiger partial charge on any atom is 0.230 e. The van der Waals surface area contributed by atoms with Crippen LogP contribution in [0.5, 0.6) is 5.75 Å². The van der Waals surface area contributed by atoms with Crippen molar-refractivity contribution >= 4 is 28.6 Å². The number of rotatable bonds is 6. The van der Waals surface area contributed by atoms with Gasteiger partial charge in [-0.1, -0.05) is 31.5 Å². The number of ether oxygens (including phenoxy) is 1.